The first-order valence-electron chi connectivity index (χ1n) is 19.1. The van der Waals surface area contributed by atoms with E-state index >= 15 is 0 Å². The molecule has 0 aliphatic carbocycles. The van der Waals surface area contributed by atoms with Crippen LogP contribution in [0.5, 0.6) is 0 Å². The molecule has 4 nitrogen and oxygen atoms in total. The number of anilines is 4. The van der Waals surface area contributed by atoms with E-state index in [1.165, 1.54) is 44.5 Å². The molecule has 4 aromatic carbocycles. The van der Waals surface area contributed by atoms with Crippen LogP contribution in [0.15, 0.2) is 72.8 Å². The van der Waals surface area contributed by atoms with Crippen LogP contribution in [0, 0.1) is 0 Å². The molecule has 0 atom stereocenters. The summed E-state index contributed by atoms with van der Waals surface area (Å²) < 4.78 is 1.64. The first-order chi connectivity index (χ1) is 26.7. The SMILES string of the molecule is CCc1cccc(NC(=S)[S-])c1CC.CCc1cccc(NC(=S)[S-])c1CC.CCc1cccc(NC(=S)[S-])c1CC.CCc1cccc(NC(=S)[S-])c1CC.[Mo+4]. The van der Waals surface area contributed by atoms with Crippen molar-refractivity contribution in [1.29, 1.82) is 0 Å². The summed E-state index contributed by atoms with van der Waals surface area (Å²) in [5, 5.41) is 12.2. The van der Waals surface area contributed by atoms with E-state index in [0.29, 0.717) is 17.3 Å². The molecule has 0 saturated heterocycles. The number of rotatable bonds is 12. The average molecular weight is 993 g/mol. The Morgan fingerprint density at radius 1 is 0.351 bits per heavy atom. The zero-order chi connectivity index (χ0) is 42.2. The summed E-state index contributed by atoms with van der Waals surface area (Å²) in [6.45, 7) is 17.2. The van der Waals surface area contributed by atoms with Crippen LogP contribution in [0.1, 0.15) is 99.9 Å². The van der Waals surface area contributed by atoms with E-state index in [-0.39, 0.29) is 21.1 Å². The zero-order valence-corrected chi connectivity index (χ0v) is 42.8. The van der Waals surface area contributed by atoms with Crippen LogP contribution in [0.4, 0.5) is 22.7 Å². The molecule has 306 valence electrons. The maximum Gasteiger partial charge on any atom is 4.00 e. The largest absolute Gasteiger partial charge is 4.00 e. The second-order valence-electron chi connectivity index (χ2n) is 12.3. The Bertz CT molecular complexity index is 1610. The molecule has 0 spiro atoms. The Hall–Kier alpha value is -1.99. The van der Waals surface area contributed by atoms with Gasteiger partial charge >= 0.3 is 21.1 Å². The van der Waals surface area contributed by atoms with Crippen molar-refractivity contribution in [2.24, 2.45) is 0 Å². The van der Waals surface area contributed by atoms with Gasteiger partial charge in [0.1, 0.15) is 0 Å². The van der Waals surface area contributed by atoms with Crippen molar-refractivity contribution < 1.29 is 21.1 Å². The summed E-state index contributed by atoms with van der Waals surface area (Å²) in [4.78, 5) is 0. The molecule has 0 unspecified atom stereocenters. The molecule has 4 rings (SSSR count). The fourth-order valence-electron chi connectivity index (χ4n) is 6.44. The van der Waals surface area contributed by atoms with Crippen LogP contribution in [0.2, 0.25) is 0 Å². The predicted octanol–water partition coefficient (Wildman–Crippen LogP) is 12.2. The molecule has 0 radical (unpaired) electrons. The number of aryl methyl sites for hydroxylation is 4. The molecule has 0 amide bonds. The van der Waals surface area contributed by atoms with Crippen LogP contribution in [-0.4, -0.2) is 17.3 Å². The third-order valence-electron chi connectivity index (χ3n) is 8.98. The number of thiocarbonyl (C=S) groups is 4. The summed E-state index contributed by atoms with van der Waals surface area (Å²) in [7, 11) is 0. The summed E-state index contributed by atoms with van der Waals surface area (Å²) >= 11 is 38.9. The summed E-state index contributed by atoms with van der Waals surface area (Å²) in [6.07, 6.45) is 8.20. The topological polar surface area (TPSA) is 48.1 Å². The zero-order valence-electron chi connectivity index (χ0n) is 34.3. The number of benzene rings is 4. The Morgan fingerprint density at radius 2 is 0.526 bits per heavy atom. The van der Waals surface area contributed by atoms with Crippen LogP contribution in [0.25, 0.3) is 0 Å². The van der Waals surface area contributed by atoms with Gasteiger partial charge in [-0.1, -0.05) is 121 Å². The molecule has 0 aliphatic rings. The van der Waals surface area contributed by atoms with Crippen molar-refractivity contribution in [2.75, 3.05) is 21.3 Å². The number of hydrogen-bond acceptors (Lipinski definition) is 8. The maximum absolute atomic E-state index is 4.87. The second kappa shape index (κ2) is 31.0. The van der Waals surface area contributed by atoms with E-state index in [4.69, 9.17) is 99.4 Å². The minimum absolute atomic E-state index is 0. The molecule has 0 heterocycles. The summed E-state index contributed by atoms with van der Waals surface area (Å²) in [5.74, 6) is 0. The van der Waals surface area contributed by atoms with Gasteiger partial charge in [0.15, 0.2) is 0 Å². The summed E-state index contributed by atoms with van der Waals surface area (Å²) in [6, 6.07) is 24.8. The Balaban J connectivity index is 0.000000729. The second-order valence-corrected chi connectivity index (χ2v) is 16.6. The Labute approximate surface area is 402 Å². The summed E-state index contributed by atoms with van der Waals surface area (Å²) in [5.41, 5.74) is 15.0. The minimum atomic E-state index is 0. The Kier molecular flexibility index (Phi) is 29.9. The third-order valence-corrected chi connectivity index (χ3v) is 9.79. The maximum atomic E-state index is 4.87. The van der Waals surface area contributed by atoms with Crippen LogP contribution >= 0.6 is 48.9 Å². The van der Waals surface area contributed by atoms with Crippen molar-refractivity contribution >= 4 is 139 Å². The van der Waals surface area contributed by atoms with E-state index in [1.807, 2.05) is 48.5 Å². The van der Waals surface area contributed by atoms with E-state index in [9.17, 15) is 0 Å². The average Bonchev–Trinajstić information content (AvgIpc) is 3.17. The van der Waals surface area contributed by atoms with Gasteiger partial charge in [0.05, 0.1) is 0 Å². The quantitative estimate of drug-likeness (QED) is 0.0621. The molecule has 4 N–H and O–H groups in total. The normalized spacial score (nSPS) is 9.68. The van der Waals surface area contributed by atoms with Crippen LogP contribution in [-0.2, 0) is 123 Å². The standard InChI is InChI=1S/4C11H15NS2.Mo/c4*1-3-8-6-5-7-10(9(8)4-2)12-11(13)14;/h4*5-7H,3-4H2,1-2H3,(H2,12,13,14);/q;;;;+4/p-4. The van der Waals surface area contributed by atoms with E-state index < -0.39 is 0 Å². The third kappa shape index (κ3) is 19.7. The van der Waals surface area contributed by atoms with Crippen molar-refractivity contribution in [3.63, 3.8) is 0 Å². The first-order valence-corrected chi connectivity index (χ1v) is 22.4. The predicted molar refractivity (Wildman–Crippen MR) is 275 cm³/mol. The molecule has 0 fully saturated rings. The van der Waals surface area contributed by atoms with Crippen molar-refractivity contribution in [1.82, 2.24) is 0 Å². The number of nitrogens with one attached hydrogen (secondary N) is 4. The smallest absolute Gasteiger partial charge is 0.411 e. The molecule has 57 heavy (non-hydrogen) atoms. The van der Waals surface area contributed by atoms with E-state index in [0.717, 1.165) is 74.1 Å². The van der Waals surface area contributed by atoms with Crippen molar-refractivity contribution in [3.05, 3.63) is 117 Å². The fraction of sp³-hybridized carbons (Fsp3) is 0.364. The van der Waals surface area contributed by atoms with E-state index in [1.54, 1.807) is 0 Å². The van der Waals surface area contributed by atoms with Crippen LogP contribution in [0.3, 0.4) is 0 Å². The van der Waals surface area contributed by atoms with Gasteiger partial charge in [-0.15, -0.1) is 0 Å². The molecular formula is C44H56MoN4S8. The molecular weight excluding hydrogens is 937 g/mol. The van der Waals surface area contributed by atoms with Gasteiger partial charge in [-0.05, 0) is 120 Å². The molecule has 13 heteroatoms. The van der Waals surface area contributed by atoms with Gasteiger partial charge < -0.3 is 121 Å². The van der Waals surface area contributed by atoms with Gasteiger partial charge in [-0.3, -0.25) is 0 Å². The van der Waals surface area contributed by atoms with E-state index in [2.05, 4.69) is 101 Å². The van der Waals surface area contributed by atoms with Crippen molar-refractivity contribution in [3.8, 4) is 0 Å². The molecule has 0 aromatic heterocycles. The van der Waals surface area contributed by atoms with Gasteiger partial charge in [0.25, 0.3) is 0 Å². The monoisotopic (exact) mass is 994 g/mol. The molecule has 0 aliphatic heterocycles. The van der Waals surface area contributed by atoms with Gasteiger partial charge in [-0.25, -0.2) is 0 Å². The van der Waals surface area contributed by atoms with Gasteiger partial charge in [-0.2, -0.15) is 0 Å². The van der Waals surface area contributed by atoms with Crippen LogP contribution < -0.4 is 21.3 Å². The minimum Gasteiger partial charge on any atom is -0.411 e. The van der Waals surface area contributed by atoms with Gasteiger partial charge in [0.2, 0.25) is 0 Å². The first kappa shape index (κ1) is 55.0. The molecule has 0 bridgehead atoms. The molecule has 4 aromatic rings. The van der Waals surface area contributed by atoms with Crippen molar-refractivity contribution in [2.45, 2.75) is 107 Å². The number of hydrogen-bond donors (Lipinski definition) is 4. The fourth-order valence-corrected chi connectivity index (χ4v) is 7.32. The van der Waals surface area contributed by atoms with Gasteiger partial charge in [0, 0.05) is 22.7 Å². The Morgan fingerprint density at radius 3 is 0.649 bits per heavy atom. The molecule has 0 saturated carbocycles.